The Morgan fingerprint density at radius 2 is 1.80 bits per heavy atom. The van der Waals surface area contributed by atoms with Crippen LogP contribution in [0.1, 0.15) is 0 Å². The van der Waals surface area contributed by atoms with Crippen LogP contribution in [0.5, 0.6) is 0 Å². The molecule has 0 radical (unpaired) electrons. The van der Waals surface area contributed by atoms with Gasteiger partial charge in [-0.1, -0.05) is 0 Å². The Morgan fingerprint density at radius 3 is 1.90 bits per heavy atom. The number of aliphatic carboxylic acids is 1. The molecule has 0 aliphatic rings. The summed E-state index contributed by atoms with van der Waals surface area (Å²) in [6.45, 7) is 0. The molecule has 0 bridgehead atoms. The van der Waals surface area contributed by atoms with E-state index in [0.717, 1.165) is 0 Å². The molecular formula is C2KO6P. The predicted octanol–water partition coefficient (Wildman–Crippen LogP) is -5.70. The SMILES string of the molecule is O=C([O-])C(=O)O[P+](=O)[O-].[K+]. The van der Waals surface area contributed by atoms with E-state index in [1.165, 1.54) is 0 Å². The van der Waals surface area contributed by atoms with Crippen LogP contribution in [0, 0.1) is 0 Å². The molecule has 0 aromatic heterocycles. The van der Waals surface area contributed by atoms with Crippen LogP contribution in [-0.4, -0.2) is 11.9 Å². The summed E-state index contributed by atoms with van der Waals surface area (Å²) < 4.78 is 12.6. The van der Waals surface area contributed by atoms with E-state index in [1.807, 2.05) is 0 Å². The Kier molecular flexibility index (Phi) is 8.41. The molecule has 0 rings (SSSR count). The second-order valence-electron chi connectivity index (χ2n) is 0.890. The van der Waals surface area contributed by atoms with Crippen LogP contribution < -0.4 is 61.4 Å². The molecule has 6 nitrogen and oxygen atoms in total. The summed E-state index contributed by atoms with van der Waals surface area (Å²) >= 11 is 0. The molecule has 0 aliphatic carbocycles. The molecule has 0 fully saturated rings. The molecule has 0 saturated carbocycles. The van der Waals surface area contributed by atoms with E-state index in [2.05, 4.69) is 4.52 Å². The number of carbonyl (C=O) groups excluding carboxylic acids is 2. The zero-order valence-electron chi connectivity index (χ0n) is 4.90. The number of hydrogen-bond acceptors (Lipinski definition) is 6. The first-order valence-electron chi connectivity index (χ1n) is 1.61. The Bertz CT molecular complexity index is 165. The van der Waals surface area contributed by atoms with E-state index >= 15 is 0 Å². The van der Waals surface area contributed by atoms with E-state index in [4.69, 9.17) is 0 Å². The zero-order chi connectivity index (χ0) is 7.44. The standard InChI is InChI=1S/C2HO6P.K/c3-1(4)2(5)8-9(6)7;/h(H,3,4);/q;+1/p-1. The molecule has 0 saturated heterocycles. The Labute approximate surface area is 98.9 Å². The summed E-state index contributed by atoms with van der Waals surface area (Å²) in [5.41, 5.74) is 0. The summed E-state index contributed by atoms with van der Waals surface area (Å²) in [6, 6.07) is 0. The zero-order valence-corrected chi connectivity index (χ0v) is 8.91. The second-order valence-corrected chi connectivity index (χ2v) is 1.52. The van der Waals surface area contributed by atoms with Gasteiger partial charge in [-0.25, -0.2) is 9.32 Å². The van der Waals surface area contributed by atoms with Crippen LogP contribution in [0.25, 0.3) is 0 Å². The van der Waals surface area contributed by atoms with E-state index in [1.54, 1.807) is 0 Å². The number of rotatable bonds is 1. The van der Waals surface area contributed by atoms with Crippen molar-refractivity contribution < 1.29 is 80.1 Å². The van der Waals surface area contributed by atoms with Crippen LogP contribution in [-0.2, 0) is 18.7 Å². The van der Waals surface area contributed by atoms with E-state index < -0.39 is 20.2 Å². The van der Waals surface area contributed by atoms with Crippen molar-refractivity contribution in [2.45, 2.75) is 0 Å². The molecule has 0 amide bonds. The summed E-state index contributed by atoms with van der Waals surface area (Å²) in [4.78, 5) is 28.5. The molecular weight excluding hydrogens is 190 g/mol. The van der Waals surface area contributed by atoms with Gasteiger partial charge in [0.25, 0.3) is 0 Å². The summed E-state index contributed by atoms with van der Waals surface area (Å²) in [5.74, 6) is -4.10. The quantitative estimate of drug-likeness (QED) is 0.231. The fourth-order valence-corrected chi connectivity index (χ4v) is 0.315. The minimum Gasteiger partial charge on any atom is -0.558 e. The molecule has 0 aliphatic heterocycles. The molecule has 1 atom stereocenters. The van der Waals surface area contributed by atoms with Crippen molar-refractivity contribution in [1.82, 2.24) is 0 Å². The van der Waals surface area contributed by atoms with Crippen molar-refractivity contribution in [2.24, 2.45) is 0 Å². The first-order valence-corrected chi connectivity index (χ1v) is 2.71. The van der Waals surface area contributed by atoms with Gasteiger partial charge in [0, 0.05) is 0 Å². The average molecular weight is 190 g/mol. The number of carbonyl (C=O) groups is 2. The maximum Gasteiger partial charge on any atom is 1.00 e. The van der Waals surface area contributed by atoms with Gasteiger partial charge in [-0.05, 0) is 4.57 Å². The molecule has 50 valence electrons. The Balaban J connectivity index is 0. The molecule has 0 heterocycles. The van der Waals surface area contributed by atoms with Crippen molar-refractivity contribution in [2.75, 3.05) is 0 Å². The molecule has 0 spiro atoms. The van der Waals surface area contributed by atoms with Gasteiger partial charge < -0.3 is 14.8 Å². The van der Waals surface area contributed by atoms with Crippen molar-refractivity contribution >= 4 is 20.2 Å². The summed E-state index contributed by atoms with van der Waals surface area (Å²) in [7, 11) is -3.44. The third kappa shape index (κ3) is 6.75. The first kappa shape index (κ1) is 13.2. The van der Waals surface area contributed by atoms with Crippen molar-refractivity contribution in [3.8, 4) is 0 Å². The van der Waals surface area contributed by atoms with E-state index in [9.17, 15) is 24.2 Å². The average Bonchev–Trinajstić information content (AvgIpc) is 1.63. The minimum atomic E-state index is -3.44. The van der Waals surface area contributed by atoms with Crippen molar-refractivity contribution in [1.29, 1.82) is 0 Å². The maximum atomic E-state index is 9.69. The van der Waals surface area contributed by atoms with Gasteiger partial charge in [0.15, 0.2) is 5.97 Å². The molecule has 0 aromatic rings. The monoisotopic (exact) mass is 190 g/mol. The van der Waals surface area contributed by atoms with Gasteiger partial charge in [-0.2, -0.15) is 0 Å². The van der Waals surface area contributed by atoms with Gasteiger partial charge in [0.2, 0.25) is 0 Å². The third-order valence-corrected chi connectivity index (χ3v) is 0.639. The minimum absolute atomic E-state index is 0. The summed E-state index contributed by atoms with van der Waals surface area (Å²) in [5, 5.41) is 9.38. The second kappa shape index (κ2) is 6.35. The van der Waals surface area contributed by atoms with Crippen molar-refractivity contribution in [3.63, 3.8) is 0 Å². The van der Waals surface area contributed by atoms with E-state index in [-0.39, 0.29) is 51.4 Å². The van der Waals surface area contributed by atoms with Gasteiger partial charge in [0.05, 0.1) is 0 Å². The number of hydrogen-bond donors (Lipinski definition) is 0. The molecule has 1 unspecified atom stereocenters. The smallest absolute Gasteiger partial charge is 0.558 e. The van der Waals surface area contributed by atoms with E-state index in [0.29, 0.717) is 0 Å². The molecule has 8 heteroatoms. The van der Waals surface area contributed by atoms with Gasteiger partial charge in [0.1, 0.15) is 0 Å². The van der Waals surface area contributed by atoms with Crippen LogP contribution >= 0.6 is 8.25 Å². The maximum absolute atomic E-state index is 9.69. The van der Waals surface area contributed by atoms with Crippen LogP contribution in [0.2, 0.25) is 0 Å². The van der Waals surface area contributed by atoms with Gasteiger partial charge in [-0.15, -0.1) is 0 Å². The topological polar surface area (TPSA) is 107 Å². The van der Waals surface area contributed by atoms with Gasteiger partial charge >= 0.3 is 65.6 Å². The molecule has 0 aromatic carbocycles. The van der Waals surface area contributed by atoms with Gasteiger partial charge in [-0.3, -0.25) is 0 Å². The van der Waals surface area contributed by atoms with Crippen LogP contribution in [0.3, 0.4) is 0 Å². The van der Waals surface area contributed by atoms with Crippen LogP contribution in [0.15, 0.2) is 0 Å². The largest absolute Gasteiger partial charge is 1.00 e. The van der Waals surface area contributed by atoms with Crippen molar-refractivity contribution in [3.05, 3.63) is 0 Å². The molecule has 10 heavy (non-hydrogen) atoms. The Morgan fingerprint density at radius 1 is 1.40 bits per heavy atom. The summed E-state index contributed by atoms with van der Waals surface area (Å²) in [6.07, 6.45) is 0. The first-order chi connectivity index (χ1) is 4.04. The predicted molar refractivity (Wildman–Crippen MR) is 18.7 cm³/mol. The molecule has 0 N–H and O–H groups in total. The Hall–Kier alpha value is 0.636. The fraction of sp³-hybridized carbons (Fsp3) is 0. The van der Waals surface area contributed by atoms with Crippen LogP contribution in [0.4, 0.5) is 0 Å². The third-order valence-electron chi connectivity index (χ3n) is 0.324. The number of carboxylic acid groups (broad SMARTS) is 1. The fourth-order valence-electron chi connectivity index (χ4n) is 0.105. The normalized spacial score (nSPS) is 9.10. The number of carboxylic acids is 1.